The molecule has 1 aromatic rings. The van der Waals surface area contributed by atoms with Crippen LogP contribution in [0.25, 0.3) is 0 Å². The van der Waals surface area contributed by atoms with Gasteiger partial charge in [-0.05, 0) is 44.9 Å². The number of nitrogens with one attached hydrogen (secondary N) is 1. The molecule has 84 valence electrons. The van der Waals surface area contributed by atoms with Crippen LogP contribution in [-0.4, -0.2) is 24.1 Å². The zero-order valence-electron chi connectivity index (χ0n) is 9.30. The maximum Gasteiger partial charge on any atom is 0.354 e. The largest absolute Gasteiger partial charge is 0.461 e. The standard InChI is InChI=1S/C11H18N2O2/c1-3-15-11(14)10-7-9(5-4-6-12)8(2)13-10/h7,13H,3-6,12H2,1-2H3. The van der Waals surface area contributed by atoms with Crippen molar-refractivity contribution in [1.82, 2.24) is 4.98 Å². The van der Waals surface area contributed by atoms with Gasteiger partial charge in [0.15, 0.2) is 0 Å². The van der Waals surface area contributed by atoms with Crippen molar-refractivity contribution >= 4 is 5.97 Å². The van der Waals surface area contributed by atoms with Crippen LogP contribution in [0.5, 0.6) is 0 Å². The number of aromatic amines is 1. The molecule has 0 aliphatic heterocycles. The zero-order chi connectivity index (χ0) is 11.3. The maximum absolute atomic E-state index is 11.4. The van der Waals surface area contributed by atoms with Gasteiger partial charge >= 0.3 is 5.97 Å². The summed E-state index contributed by atoms with van der Waals surface area (Å²) in [6.07, 6.45) is 1.83. The van der Waals surface area contributed by atoms with Crippen LogP contribution in [0, 0.1) is 6.92 Å². The molecular formula is C11H18N2O2. The number of aromatic nitrogens is 1. The van der Waals surface area contributed by atoms with E-state index in [1.165, 1.54) is 0 Å². The predicted octanol–water partition coefficient (Wildman–Crippen LogP) is 1.39. The van der Waals surface area contributed by atoms with Crippen molar-refractivity contribution in [2.75, 3.05) is 13.2 Å². The van der Waals surface area contributed by atoms with Gasteiger partial charge in [0.1, 0.15) is 5.69 Å². The van der Waals surface area contributed by atoms with E-state index in [9.17, 15) is 4.79 Å². The summed E-state index contributed by atoms with van der Waals surface area (Å²) in [7, 11) is 0. The number of nitrogens with two attached hydrogens (primary N) is 1. The molecule has 0 unspecified atom stereocenters. The second kappa shape index (κ2) is 5.56. The Kier molecular flexibility index (Phi) is 4.37. The summed E-state index contributed by atoms with van der Waals surface area (Å²) in [5.74, 6) is -0.292. The minimum Gasteiger partial charge on any atom is -0.461 e. The van der Waals surface area contributed by atoms with Crippen molar-refractivity contribution < 1.29 is 9.53 Å². The SMILES string of the molecule is CCOC(=O)c1cc(CCCN)c(C)[nH]1. The van der Waals surface area contributed by atoms with Crippen LogP contribution in [0.2, 0.25) is 0 Å². The highest BCUT2D eigenvalue weighted by atomic mass is 16.5. The molecule has 0 saturated heterocycles. The van der Waals surface area contributed by atoms with Crippen molar-refractivity contribution in [2.24, 2.45) is 5.73 Å². The van der Waals surface area contributed by atoms with E-state index in [1.54, 1.807) is 6.92 Å². The Morgan fingerprint density at radius 2 is 2.33 bits per heavy atom. The normalized spacial score (nSPS) is 10.3. The molecule has 1 heterocycles. The topological polar surface area (TPSA) is 68.1 Å². The van der Waals surface area contributed by atoms with Crippen LogP contribution in [0.15, 0.2) is 6.07 Å². The second-order valence-corrected chi connectivity index (χ2v) is 3.45. The summed E-state index contributed by atoms with van der Waals surface area (Å²) >= 11 is 0. The van der Waals surface area contributed by atoms with Crippen molar-refractivity contribution in [3.8, 4) is 0 Å². The van der Waals surface area contributed by atoms with Crippen molar-refractivity contribution in [1.29, 1.82) is 0 Å². The molecule has 1 aromatic heterocycles. The molecule has 4 nitrogen and oxygen atoms in total. The van der Waals surface area contributed by atoms with Gasteiger partial charge in [0.05, 0.1) is 6.61 Å². The third kappa shape index (κ3) is 3.09. The molecule has 4 heteroatoms. The fourth-order valence-electron chi connectivity index (χ4n) is 1.47. The summed E-state index contributed by atoms with van der Waals surface area (Å²) in [5.41, 5.74) is 8.13. The molecule has 0 radical (unpaired) electrons. The lowest BCUT2D eigenvalue weighted by molar-refractivity contribution is 0.0520. The van der Waals surface area contributed by atoms with Crippen LogP contribution in [0.1, 0.15) is 35.1 Å². The van der Waals surface area contributed by atoms with Crippen molar-refractivity contribution in [2.45, 2.75) is 26.7 Å². The lowest BCUT2D eigenvalue weighted by atomic mass is 10.1. The van der Waals surface area contributed by atoms with E-state index in [4.69, 9.17) is 10.5 Å². The fraction of sp³-hybridized carbons (Fsp3) is 0.545. The van der Waals surface area contributed by atoms with Crippen LogP contribution < -0.4 is 5.73 Å². The Hall–Kier alpha value is -1.29. The van der Waals surface area contributed by atoms with Crippen molar-refractivity contribution in [3.63, 3.8) is 0 Å². The molecule has 0 amide bonds. The minimum absolute atomic E-state index is 0.292. The number of aryl methyl sites for hydroxylation is 2. The minimum atomic E-state index is -0.292. The Morgan fingerprint density at radius 3 is 2.93 bits per heavy atom. The number of ether oxygens (including phenoxy) is 1. The summed E-state index contributed by atoms with van der Waals surface area (Å²) in [4.78, 5) is 14.4. The molecule has 0 atom stereocenters. The molecule has 0 spiro atoms. The number of hydrogen-bond acceptors (Lipinski definition) is 3. The van der Waals surface area contributed by atoms with Gasteiger partial charge in [-0.1, -0.05) is 0 Å². The molecule has 0 bridgehead atoms. The number of H-pyrrole nitrogens is 1. The molecule has 1 rings (SSSR count). The first kappa shape index (κ1) is 11.8. The summed E-state index contributed by atoms with van der Waals surface area (Å²) in [6, 6.07) is 1.85. The average Bonchev–Trinajstić information content (AvgIpc) is 2.57. The van der Waals surface area contributed by atoms with Gasteiger partial charge in [-0.3, -0.25) is 0 Å². The van der Waals surface area contributed by atoms with Gasteiger partial charge in [0, 0.05) is 5.69 Å². The van der Waals surface area contributed by atoms with Crippen LogP contribution in [0.3, 0.4) is 0 Å². The third-order valence-corrected chi connectivity index (χ3v) is 2.27. The Bertz CT molecular complexity index is 331. The number of esters is 1. The van der Waals surface area contributed by atoms with Gasteiger partial charge in [-0.25, -0.2) is 4.79 Å². The summed E-state index contributed by atoms with van der Waals surface area (Å²) < 4.78 is 4.91. The maximum atomic E-state index is 11.4. The smallest absolute Gasteiger partial charge is 0.354 e. The Labute approximate surface area is 89.8 Å². The quantitative estimate of drug-likeness (QED) is 0.722. The molecule has 0 aliphatic carbocycles. The van der Waals surface area contributed by atoms with E-state index in [0.717, 1.165) is 24.1 Å². The second-order valence-electron chi connectivity index (χ2n) is 3.45. The molecule has 0 saturated carbocycles. The molecule has 0 aliphatic rings. The number of carbonyl (C=O) groups excluding carboxylic acids is 1. The third-order valence-electron chi connectivity index (χ3n) is 2.27. The molecule has 3 N–H and O–H groups in total. The number of hydrogen-bond donors (Lipinski definition) is 2. The monoisotopic (exact) mass is 210 g/mol. The lowest BCUT2D eigenvalue weighted by Crippen LogP contribution is -2.04. The Balaban J connectivity index is 2.71. The first-order valence-electron chi connectivity index (χ1n) is 5.24. The first-order valence-corrected chi connectivity index (χ1v) is 5.24. The Morgan fingerprint density at radius 1 is 1.60 bits per heavy atom. The van der Waals surface area contributed by atoms with E-state index in [1.807, 2.05) is 13.0 Å². The highest BCUT2D eigenvalue weighted by Gasteiger charge is 2.11. The number of rotatable bonds is 5. The molecular weight excluding hydrogens is 192 g/mol. The van der Waals surface area contributed by atoms with Crippen LogP contribution >= 0.6 is 0 Å². The highest BCUT2D eigenvalue weighted by Crippen LogP contribution is 2.12. The van der Waals surface area contributed by atoms with Gasteiger partial charge in [-0.2, -0.15) is 0 Å². The number of carbonyl (C=O) groups is 1. The van der Waals surface area contributed by atoms with Gasteiger partial charge in [0.2, 0.25) is 0 Å². The van der Waals surface area contributed by atoms with Crippen molar-refractivity contribution in [3.05, 3.63) is 23.0 Å². The van der Waals surface area contributed by atoms with Crippen LogP contribution in [-0.2, 0) is 11.2 Å². The van der Waals surface area contributed by atoms with E-state index in [-0.39, 0.29) is 5.97 Å². The van der Waals surface area contributed by atoms with E-state index < -0.39 is 0 Å². The zero-order valence-corrected chi connectivity index (χ0v) is 9.30. The van der Waals surface area contributed by atoms with E-state index in [2.05, 4.69) is 4.98 Å². The molecule has 15 heavy (non-hydrogen) atoms. The van der Waals surface area contributed by atoms with Gasteiger partial charge in [0.25, 0.3) is 0 Å². The van der Waals surface area contributed by atoms with E-state index >= 15 is 0 Å². The molecule has 0 aromatic carbocycles. The lowest BCUT2D eigenvalue weighted by Gasteiger charge is -1.97. The van der Waals surface area contributed by atoms with Gasteiger partial charge in [-0.15, -0.1) is 0 Å². The predicted molar refractivity (Wildman–Crippen MR) is 58.9 cm³/mol. The first-order chi connectivity index (χ1) is 7.19. The highest BCUT2D eigenvalue weighted by molar-refractivity contribution is 5.87. The van der Waals surface area contributed by atoms with E-state index in [0.29, 0.717) is 18.8 Å². The summed E-state index contributed by atoms with van der Waals surface area (Å²) in [5, 5.41) is 0. The summed E-state index contributed by atoms with van der Waals surface area (Å²) in [6.45, 7) is 4.81. The fourth-order valence-corrected chi connectivity index (χ4v) is 1.47. The molecule has 0 fully saturated rings. The van der Waals surface area contributed by atoms with Crippen LogP contribution in [0.4, 0.5) is 0 Å². The average molecular weight is 210 g/mol. The van der Waals surface area contributed by atoms with Gasteiger partial charge < -0.3 is 15.5 Å².